The van der Waals surface area contributed by atoms with Crippen molar-refractivity contribution in [2.24, 2.45) is 0 Å². The van der Waals surface area contributed by atoms with Gasteiger partial charge in [-0.15, -0.1) is 0 Å². The number of aliphatic hydroxyl groups excluding tert-OH is 1. The number of likely N-dealkylation sites (N-methyl/N-ethyl adjacent to an activating group) is 1. The SMILES string of the molecule is CN1C(=O)C2(/C(=C(/O)c3ccccc3)C(=O)C(=O)N2CCN2CCOCC2)c2ccccc21. The topological polar surface area (TPSA) is 90.4 Å². The number of benzene rings is 2. The van der Waals surface area contributed by atoms with Crippen LogP contribution in [0.3, 0.4) is 0 Å². The molecule has 170 valence electrons. The van der Waals surface area contributed by atoms with E-state index in [2.05, 4.69) is 4.90 Å². The van der Waals surface area contributed by atoms with E-state index >= 15 is 0 Å². The summed E-state index contributed by atoms with van der Waals surface area (Å²) in [5, 5.41) is 11.3. The second-order valence-electron chi connectivity index (χ2n) is 8.42. The molecule has 0 radical (unpaired) electrons. The van der Waals surface area contributed by atoms with Crippen LogP contribution in [-0.4, -0.2) is 78.9 Å². The summed E-state index contributed by atoms with van der Waals surface area (Å²) in [6.07, 6.45) is 0. The molecule has 2 aromatic rings. The average molecular weight is 447 g/mol. The summed E-state index contributed by atoms with van der Waals surface area (Å²) in [6, 6.07) is 15.7. The van der Waals surface area contributed by atoms with Crippen LogP contribution < -0.4 is 4.90 Å². The van der Waals surface area contributed by atoms with Crippen molar-refractivity contribution in [3.8, 4) is 0 Å². The highest BCUT2D eigenvalue weighted by molar-refractivity contribution is 6.50. The van der Waals surface area contributed by atoms with E-state index in [-0.39, 0.29) is 17.9 Å². The molecule has 8 nitrogen and oxygen atoms in total. The molecule has 3 aliphatic heterocycles. The van der Waals surface area contributed by atoms with Crippen LogP contribution in [0, 0.1) is 0 Å². The van der Waals surface area contributed by atoms with E-state index in [4.69, 9.17) is 4.74 Å². The van der Waals surface area contributed by atoms with Crippen LogP contribution in [0.4, 0.5) is 5.69 Å². The van der Waals surface area contributed by atoms with E-state index < -0.39 is 23.1 Å². The molecule has 5 rings (SSSR count). The monoisotopic (exact) mass is 447 g/mol. The minimum atomic E-state index is -1.70. The van der Waals surface area contributed by atoms with E-state index in [1.54, 1.807) is 61.6 Å². The number of rotatable bonds is 4. The minimum absolute atomic E-state index is 0.171. The maximum absolute atomic E-state index is 13.9. The number of hydrogen-bond acceptors (Lipinski definition) is 6. The van der Waals surface area contributed by atoms with Crippen LogP contribution in [0.15, 0.2) is 60.2 Å². The number of likely N-dealkylation sites (tertiary alicyclic amines) is 1. The Kier molecular flexibility index (Phi) is 5.26. The Morgan fingerprint density at radius 1 is 0.970 bits per heavy atom. The van der Waals surface area contributed by atoms with Gasteiger partial charge in [-0.25, -0.2) is 0 Å². The maximum Gasteiger partial charge on any atom is 0.296 e. The van der Waals surface area contributed by atoms with Crippen molar-refractivity contribution in [2.45, 2.75) is 5.54 Å². The van der Waals surface area contributed by atoms with Crippen LogP contribution in [0.1, 0.15) is 11.1 Å². The first-order valence-electron chi connectivity index (χ1n) is 11.0. The maximum atomic E-state index is 13.9. The number of ketones is 1. The molecule has 0 bridgehead atoms. The van der Waals surface area contributed by atoms with E-state index in [9.17, 15) is 19.5 Å². The molecule has 8 heteroatoms. The lowest BCUT2D eigenvalue weighted by Crippen LogP contribution is -2.53. The molecular weight excluding hydrogens is 422 g/mol. The number of para-hydroxylation sites is 1. The Labute approximate surface area is 191 Å². The van der Waals surface area contributed by atoms with E-state index in [1.165, 1.54) is 9.80 Å². The zero-order valence-corrected chi connectivity index (χ0v) is 18.4. The lowest BCUT2D eigenvalue weighted by molar-refractivity contribution is -0.144. The number of Topliss-reactive ketones (excluding diaryl/α,β-unsaturated/α-hetero) is 1. The van der Waals surface area contributed by atoms with Gasteiger partial charge in [-0.05, 0) is 6.07 Å². The number of anilines is 1. The zero-order valence-electron chi connectivity index (χ0n) is 18.4. The molecule has 1 N–H and O–H groups in total. The smallest absolute Gasteiger partial charge is 0.296 e. The minimum Gasteiger partial charge on any atom is -0.507 e. The fraction of sp³-hybridized carbons (Fsp3) is 0.320. The summed E-state index contributed by atoms with van der Waals surface area (Å²) >= 11 is 0. The Morgan fingerprint density at radius 3 is 2.36 bits per heavy atom. The molecule has 0 saturated carbocycles. The highest BCUT2D eigenvalue weighted by atomic mass is 16.5. The van der Waals surface area contributed by atoms with E-state index in [1.807, 2.05) is 0 Å². The summed E-state index contributed by atoms with van der Waals surface area (Å²) in [5.74, 6) is -2.40. The molecule has 2 aromatic carbocycles. The second-order valence-corrected chi connectivity index (χ2v) is 8.42. The van der Waals surface area contributed by atoms with Crippen LogP contribution in [-0.2, 0) is 24.7 Å². The van der Waals surface area contributed by atoms with Crippen LogP contribution in [0.2, 0.25) is 0 Å². The number of amides is 2. The standard InChI is InChI=1S/C25H25N3O5/c1-26-19-10-6-5-9-18(19)25(24(26)32)20(21(29)17-7-3-2-4-8-17)22(30)23(31)28(25)12-11-27-13-15-33-16-14-27/h2-10,29H,11-16H2,1H3/b21-20+. The molecule has 3 heterocycles. The molecule has 3 aliphatic rings. The van der Waals surface area contributed by atoms with E-state index in [0.29, 0.717) is 49.7 Å². The fourth-order valence-electron chi connectivity index (χ4n) is 5.08. The van der Waals surface area contributed by atoms with Gasteiger partial charge in [-0.3, -0.25) is 19.3 Å². The number of ether oxygens (including phenoxy) is 1. The number of aliphatic hydroxyl groups is 1. The second kappa shape index (κ2) is 8.13. The van der Waals surface area contributed by atoms with Gasteiger partial charge in [0.1, 0.15) is 5.76 Å². The van der Waals surface area contributed by atoms with Gasteiger partial charge < -0.3 is 19.6 Å². The quantitative estimate of drug-likeness (QED) is 0.435. The molecule has 1 unspecified atom stereocenters. The van der Waals surface area contributed by atoms with Gasteiger partial charge in [0.25, 0.3) is 17.6 Å². The summed E-state index contributed by atoms with van der Waals surface area (Å²) in [6.45, 7) is 3.29. The first-order chi connectivity index (χ1) is 16.0. The molecule has 2 saturated heterocycles. The number of fused-ring (bicyclic) bond motifs is 2. The van der Waals surface area contributed by atoms with Crippen molar-refractivity contribution in [1.82, 2.24) is 9.80 Å². The Morgan fingerprint density at radius 2 is 1.64 bits per heavy atom. The zero-order chi connectivity index (χ0) is 23.2. The highest BCUT2D eigenvalue weighted by Crippen LogP contribution is 2.53. The Hall–Kier alpha value is -3.49. The van der Waals surface area contributed by atoms with Crippen molar-refractivity contribution in [3.05, 3.63) is 71.3 Å². The third-order valence-electron chi connectivity index (χ3n) is 6.73. The molecule has 33 heavy (non-hydrogen) atoms. The molecule has 0 aromatic heterocycles. The molecule has 2 fully saturated rings. The number of carbonyl (C=O) groups excluding carboxylic acids is 3. The Bertz CT molecular complexity index is 1160. The van der Waals surface area contributed by atoms with Gasteiger partial charge in [0.15, 0.2) is 5.54 Å². The molecule has 1 spiro atoms. The predicted molar refractivity (Wildman–Crippen MR) is 121 cm³/mol. The van der Waals surface area contributed by atoms with Gasteiger partial charge in [0.05, 0.1) is 18.8 Å². The third-order valence-corrected chi connectivity index (χ3v) is 6.73. The van der Waals surface area contributed by atoms with Crippen molar-refractivity contribution < 1.29 is 24.2 Å². The third kappa shape index (κ3) is 3.09. The molecule has 2 amide bonds. The largest absolute Gasteiger partial charge is 0.507 e. The Balaban J connectivity index is 1.69. The van der Waals surface area contributed by atoms with Crippen molar-refractivity contribution >= 4 is 29.0 Å². The lowest BCUT2D eigenvalue weighted by atomic mass is 9.82. The molecule has 1 atom stereocenters. The summed E-state index contributed by atoms with van der Waals surface area (Å²) in [5.41, 5.74) is -0.368. The lowest BCUT2D eigenvalue weighted by Gasteiger charge is -2.36. The number of carbonyl (C=O) groups is 3. The summed E-state index contributed by atoms with van der Waals surface area (Å²) in [4.78, 5) is 45.6. The first kappa shape index (κ1) is 21.4. The predicted octanol–water partition coefficient (Wildman–Crippen LogP) is 1.57. The number of hydrogen-bond donors (Lipinski definition) is 1. The van der Waals surface area contributed by atoms with Gasteiger partial charge >= 0.3 is 0 Å². The number of morpholine rings is 1. The van der Waals surface area contributed by atoms with Gasteiger partial charge in [0.2, 0.25) is 0 Å². The van der Waals surface area contributed by atoms with Crippen LogP contribution in [0.25, 0.3) is 5.76 Å². The normalized spacial score (nSPS) is 24.7. The van der Waals surface area contributed by atoms with Crippen LogP contribution in [0.5, 0.6) is 0 Å². The van der Waals surface area contributed by atoms with Gasteiger partial charge in [0, 0.05) is 50.0 Å². The first-order valence-corrected chi connectivity index (χ1v) is 11.0. The highest BCUT2D eigenvalue weighted by Gasteiger charge is 2.66. The number of nitrogens with zero attached hydrogens (tertiary/aromatic N) is 3. The van der Waals surface area contributed by atoms with Gasteiger partial charge in [-0.2, -0.15) is 0 Å². The van der Waals surface area contributed by atoms with Crippen molar-refractivity contribution in [1.29, 1.82) is 0 Å². The summed E-state index contributed by atoms with van der Waals surface area (Å²) < 4.78 is 5.40. The molecule has 0 aliphatic carbocycles. The fourth-order valence-corrected chi connectivity index (χ4v) is 5.08. The summed E-state index contributed by atoms with van der Waals surface area (Å²) in [7, 11) is 1.63. The average Bonchev–Trinajstić information content (AvgIpc) is 3.22. The van der Waals surface area contributed by atoms with Crippen LogP contribution >= 0.6 is 0 Å². The molecular formula is C25H25N3O5. The van der Waals surface area contributed by atoms with Gasteiger partial charge in [-0.1, -0.05) is 48.5 Å². The van der Waals surface area contributed by atoms with Crippen molar-refractivity contribution in [2.75, 3.05) is 51.3 Å². The van der Waals surface area contributed by atoms with Crippen molar-refractivity contribution in [3.63, 3.8) is 0 Å². The van der Waals surface area contributed by atoms with E-state index in [0.717, 1.165) is 0 Å².